The number of nitrogens with one attached hydrogen (secondary N) is 1. The second-order valence-corrected chi connectivity index (χ2v) is 4.12. The van der Waals surface area contributed by atoms with Crippen molar-refractivity contribution in [3.05, 3.63) is 0 Å². The van der Waals surface area contributed by atoms with Gasteiger partial charge in [-0.25, -0.2) is 4.79 Å². The van der Waals surface area contributed by atoms with E-state index in [0.717, 1.165) is 6.42 Å². The van der Waals surface area contributed by atoms with Gasteiger partial charge in [-0.3, -0.25) is 4.79 Å². The number of carboxylic acid groups (broad SMARTS) is 1. The van der Waals surface area contributed by atoms with Gasteiger partial charge in [-0.2, -0.15) is 0 Å². The van der Waals surface area contributed by atoms with Gasteiger partial charge >= 0.3 is 5.97 Å². The number of hydrogen-bond donors (Lipinski definition) is 3. The van der Waals surface area contributed by atoms with Gasteiger partial charge in [-0.1, -0.05) is 6.92 Å². The number of amides is 1. The van der Waals surface area contributed by atoms with Crippen LogP contribution in [0, 0.1) is 5.92 Å². The Morgan fingerprint density at radius 1 is 1.50 bits per heavy atom. The van der Waals surface area contributed by atoms with E-state index in [1.165, 1.54) is 6.92 Å². The summed E-state index contributed by atoms with van der Waals surface area (Å²) < 4.78 is 5.20. The van der Waals surface area contributed by atoms with Crippen LogP contribution in [-0.2, 0) is 14.3 Å². The third-order valence-corrected chi connectivity index (χ3v) is 2.69. The minimum absolute atomic E-state index is 0.0726. The largest absolute Gasteiger partial charge is 0.480 e. The van der Waals surface area contributed by atoms with Crippen LogP contribution in [0.4, 0.5) is 0 Å². The minimum atomic E-state index is -1.29. The highest BCUT2D eigenvalue weighted by Crippen LogP contribution is 2.20. The molecular formula is C10H17NO5. The van der Waals surface area contributed by atoms with Crippen molar-refractivity contribution in [1.82, 2.24) is 5.32 Å². The molecule has 1 fully saturated rings. The molecule has 0 aromatic rings. The molecule has 0 aromatic carbocycles. The van der Waals surface area contributed by atoms with E-state index in [2.05, 4.69) is 5.32 Å². The van der Waals surface area contributed by atoms with Crippen LogP contribution in [-0.4, -0.2) is 46.9 Å². The summed E-state index contributed by atoms with van der Waals surface area (Å²) in [7, 11) is 0. The smallest absolute Gasteiger partial charge is 0.328 e. The summed E-state index contributed by atoms with van der Waals surface area (Å²) in [6, 6.07) is -1.29. The van der Waals surface area contributed by atoms with Gasteiger partial charge in [0.15, 0.2) is 6.04 Å². The number of ether oxygens (including phenoxy) is 1. The number of carbonyl (C=O) groups excluding carboxylic acids is 1. The fourth-order valence-electron chi connectivity index (χ4n) is 1.65. The van der Waals surface area contributed by atoms with E-state index in [1.807, 2.05) is 6.92 Å². The quantitative estimate of drug-likeness (QED) is 0.598. The third-order valence-electron chi connectivity index (χ3n) is 2.69. The van der Waals surface area contributed by atoms with Gasteiger partial charge in [-0.05, 0) is 19.3 Å². The van der Waals surface area contributed by atoms with Crippen molar-refractivity contribution in [2.45, 2.75) is 38.5 Å². The third kappa shape index (κ3) is 2.93. The van der Waals surface area contributed by atoms with Crippen LogP contribution in [0.1, 0.15) is 20.3 Å². The Morgan fingerprint density at radius 3 is 2.50 bits per heavy atom. The van der Waals surface area contributed by atoms with Crippen LogP contribution in [0.5, 0.6) is 0 Å². The monoisotopic (exact) mass is 231 g/mol. The Balaban J connectivity index is 2.58. The van der Waals surface area contributed by atoms with Gasteiger partial charge in [0.25, 0.3) is 0 Å². The van der Waals surface area contributed by atoms with Crippen molar-refractivity contribution in [3.8, 4) is 0 Å². The molecule has 92 valence electrons. The topological polar surface area (TPSA) is 95.9 Å². The van der Waals surface area contributed by atoms with E-state index in [4.69, 9.17) is 9.84 Å². The summed E-state index contributed by atoms with van der Waals surface area (Å²) in [5.74, 6) is -1.66. The number of aliphatic hydroxyl groups is 1. The highest BCUT2D eigenvalue weighted by atomic mass is 16.5. The van der Waals surface area contributed by atoms with Crippen molar-refractivity contribution in [2.24, 2.45) is 5.92 Å². The molecule has 1 saturated heterocycles. The number of hydrogen-bond acceptors (Lipinski definition) is 4. The Bertz CT molecular complexity index is 278. The average Bonchev–Trinajstić information content (AvgIpc) is 2.59. The zero-order valence-electron chi connectivity index (χ0n) is 9.34. The molecule has 2 unspecified atom stereocenters. The highest BCUT2D eigenvalue weighted by molar-refractivity contribution is 5.87. The van der Waals surface area contributed by atoms with Gasteiger partial charge in [0.05, 0.1) is 6.10 Å². The Kier molecular flexibility index (Phi) is 4.26. The molecule has 16 heavy (non-hydrogen) atoms. The van der Waals surface area contributed by atoms with E-state index in [0.29, 0.717) is 6.61 Å². The summed E-state index contributed by atoms with van der Waals surface area (Å²) in [4.78, 5) is 22.4. The lowest BCUT2D eigenvalue weighted by Gasteiger charge is -2.20. The molecule has 1 rings (SSSR count). The molecule has 1 aliphatic heterocycles. The standard InChI is InChI=1S/C10H17NO5/c1-5-3-4-16-8(5)9(13)11-7(6(2)12)10(14)15/h5-8,12H,3-4H2,1-2H3,(H,11,13)(H,14,15)/t5?,6-,7+,8?/m1/s1. The molecule has 0 saturated carbocycles. The van der Waals surface area contributed by atoms with Crippen molar-refractivity contribution < 1.29 is 24.5 Å². The second kappa shape index (κ2) is 5.27. The average molecular weight is 231 g/mol. The highest BCUT2D eigenvalue weighted by Gasteiger charge is 2.34. The molecule has 0 aliphatic carbocycles. The van der Waals surface area contributed by atoms with Gasteiger partial charge < -0.3 is 20.3 Å². The first kappa shape index (κ1) is 12.9. The number of aliphatic carboxylic acids is 1. The molecule has 1 aliphatic rings. The number of carbonyl (C=O) groups is 2. The molecule has 1 amide bonds. The van der Waals surface area contributed by atoms with Crippen molar-refractivity contribution in [1.29, 1.82) is 0 Å². The molecule has 0 bridgehead atoms. The Hall–Kier alpha value is -1.14. The maximum absolute atomic E-state index is 11.7. The molecule has 0 aromatic heterocycles. The van der Waals surface area contributed by atoms with Gasteiger partial charge in [0.2, 0.25) is 5.91 Å². The van der Waals surface area contributed by atoms with Gasteiger partial charge in [-0.15, -0.1) is 0 Å². The Morgan fingerprint density at radius 2 is 2.12 bits per heavy atom. The first-order chi connectivity index (χ1) is 7.43. The van der Waals surface area contributed by atoms with Crippen molar-refractivity contribution in [3.63, 3.8) is 0 Å². The molecule has 3 N–H and O–H groups in total. The van der Waals surface area contributed by atoms with Crippen LogP contribution in [0.2, 0.25) is 0 Å². The molecule has 4 atom stereocenters. The maximum atomic E-state index is 11.7. The molecule has 6 heteroatoms. The minimum Gasteiger partial charge on any atom is -0.480 e. The lowest BCUT2D eigenvalue weighted by molar-refractivity contribution is -0.147. The van der Waals surface area contributed by atoms with E-state index in [1.54, 1.807) is 0 Å². The summed E-state index contributed by atoms with van der Waals surface area (Å²) in [6.07, 6.45) is -0.969. The number of aliphatic hydroxyl groups excluding tert-OH is 1. The predicted octanol–water partition coefficient (Wildman–Crippen LogP) is -0.638. The lowest BCUT2D eigenvalue weighted by atomic mass is 10.0. The summed E-state index contributed by atoms with van der Waals surface area (Å²) >= 11 is 0. The Labute approximate surface area is 93.6 Å². The molecule has 0 spiro atoms. The van der Waals surface area contributed by atoms with Crippen LogP contribution in [0.3, 0.4) is 0 Å². The lowest BCUT2D eigenvalue weighted by Crippen LogP contribution is -2.51. The number of carboxylic acids is 1. The van der Waals surface area contributed by atoms with E-state index < -0.39 is 30.1 Å². The SMILES string of the molecule is CC1CCOC1C(=O)N[C@H](C(=O)O)[C@@H](C)O. The molecule has 6 nitrogen and oxygen atoms in total. The number of rotatable bonds is 4. The zero-order valence-corrected chi connectivity index (χ0v) is 9.34. The van der Waals surface area contributed by atoms with Crippen LogP contribution >= 0.6 is 0 Å². The van der Waals surface area contributed by atoms with Crippen molar-refractivity contribution >= 4 is 11.9 Å². The second-order valence-electron chi connectivity index (χ2n) is 4.12. The fraction of sp³-hybridized carbons (Fsp3) is 0.800. The molecule has 0 radical (unpaired) electrons. The summed E-state index contributed by atoms with van der Waals surface area (Å²) in [5.41, 5.74) is 0. The normalized spacial score (nSPS) is 28.4. The van der Waals surface area contributed by atoms with Crippen LogP contribution in [0.15, 0.2) is 0 Å². The zero-order chi connectivity index (χ0) is 12.3. The van der Waals surface area contributed by atoms with Crippen molar-refractivity contribution in [2.75, 3.05) is 6.61 Å². The first-order valence-corrected chi connectivity index (χ1v) is 5.26. The van der Waals surface area contributed by atoms with E-state index in [-0.39, 0.29) is 5.92 Å². The fourth-order valence-corrected chi connectivity index (χ4v) is 1.65. The summed E-state index contributed by atoms with van der Waals surface area (Å²) in [6.45, 7) is 3.69. The maximum Gasteiger partial charge on any atom is 0.328 e. The molecular weight excluding hydrogens is 214 g/mol. The summed E-state index contributed by atoms with van der Waals surface area (Å²) in [5, 5.41) is 20.3. The first-order valence-electron chi connectivity index (χ1n) is 5.26. The van der Waals surface area contributed by atoms with E-state index in [9.17, 15) is 14.7 Å². The van der Waals surface area contributed by atoms with Crippen LogP contribution < -0.4 is 5.32 Å². The predicted molar refractivity (Wildman–Crippen MR) is 54.8 cm³/mol. The van der Waals surface area contributed by atoms with E-state index >= 15 is 0 Å². The van der Waals surface area contributed by atoms with Gasteiger partial charge in [0, 0.05) is 6.61 Å². The van der Waals surface area contributed by atoms with Gasteiger partial charge in [0.1, 0.15) is 6.10 Å². The molecule has 1 heterocycles. The van der Waals surface area contributed by atoms with Crippen LogP contribution in [0.25, 0.3) is 0 Å².